The van der Waals surface area contributed by atoms with E-state index in [0.29, 0.717) is 17.7 Å². The van der Waals surface area contributed by atoms with Crippen molar-refractivity contribution >= 4 is 0 Å². The van der Waals surface area contributed by atoms with E-state index in [1.807, 2.05) is 36.4 Å². The van der Waals surface area contributed by atoms with E-state index in [2.05, 4.69) is 6.92 Å². The Morgan fingerprint density at radius 2 is 1.63 bits per heavy atom. The molecule has 2 nitrogen and oxygen atoms in total. The van der Waals surface area contributed by atoms with Gasteiger partial charge < -0.3 is 9.47 Å². The van der Waals surface area contributed by atoms with Gasteiger partial charge in [-0.2, -0.15) is 0 Å². The third kappa shape index (κ3) is 5.46. The summed E-state index contributed by atoms with van der Waals surface area (Å²) in [5.74, 6) is -1.58. The van der Waals surface area contributed by atoms with Crippen LogP contribution in [-0.2, 0) is 22.5 Å². The molecule has 1 saturated heterocycles. The molecule has 0 aromatic heterocycles. The van der Waals surface area contributed by atoms with E-state index in [-0.39, 0.29) is 41.7 Å². The molecule has 3 aromatic rings. The van der Waals surface area contributed by atoms with Crippen molar-refractivity contribution in [1.29, 1.82) is 0 Å². The van der Waals surface area contributed by atoms with Crippen LogP contribution >= 0.6 is 0 Å². The molecule has 2 fully saturated rings. The third-order valence-electron chi connectivity index (χ3n) is 7.29. The lowest BCUT2D eigenvalue weighted by Crippen LogP contribution is -2.21. The summed E-state index contributed by atoms with van der Waals surface area (Å²) < 4.78 is 55.2. The Morgan fingerprint density at radius 3 is 2.29 bits per heavy atom. The maximum atomic E-state index is 14.8. The first-order valence-corrected chi connectivity index (χ1v) is 12.6. The molecule has 2 aliphatic rings. The highest BCUT2D eigenvalue weighted by molar-refractivity contribution is 5.65. The molecule has 5 rings (SSSR count). The van der Waals surface area contributed by atoms with Crippen molar-refractivity contribution in [2.45, 2.75) is 70.2 Å². The van der Waals surface area contributed by atoms with Gasteiger partial charge in [-0.1, -0.05) is 61.9 Å². The summed E-state index contributed by atoms with van der Waals surface area (Å²) in [4.78, 5) is 0. The Labute approximate surface area is 205 Å². The summed E-state index contributed by atoms with van der Waals surface area (Å²) in [7, 11) is 0. The highest BCUT2D eigenvalue weighted by Gasteiger charge is 2.29. The summed E-state index contributed by atoms with van der Waals surface area (Å²) in [5, 5.41) is 0. The van der Waals surface area contributed by atoms with Crippen LogP contribution in [0.1, 0.15) is 73.3 Å². The number of ether oxygens (including phenoxy) is 2. The second-order valence-electron chi connectivity index (χ2n) is 9.73. The number of rotatable bonds is 8. The Hall–Kier alpha value is -2.63. The molecule has 1 unspecified atom stereocenters. The molecular formula is C30H31F3O2. The normalized spacial score (nSPS) is 21.8. The first-order valence-electron chi connectivity index (χ1n) is 12.6. The maximum Gasteiger partial charge on any atom is 0.167 e. The van der Waals surface area contributed by atoms with Gasteiger partial charge in [0.1, 0.15) is 11.9 Å². The minimum atomic E-state index is -0.843. The zero-order chi connectivity index (χ0) is 24.4. The average molecular weight is 481 g/mol. The molecule has 1 saturated carbocycles. The molecule has 0 N–H and O–H groups in total. The number of hydrogen-bond acceptors (Lipinski definition) is 2. The first kappa shape index (κ1) is 24.1. The van der Waals surface area contributed by atoms with Gasteiger partial charge in [-0.05, 0) is 60.8 Å². The fourth-order valence-electron chi connectivity index (χ4n) is 5.12. The van der Waals surface area contributed by atoms with Crippen molar-refractivity contribution < 1.29 is 22.6 Å². The van der Waals surface area contributed by atoms with E-state index in [0.717, 1.165) is 44.1 Å². The van der Waals surface area contributed by atoms with E-state index in [1.54, 1.807) is 18.2 Å². The second-order valence-corrected chi connectivity index (χ2v) is 9.73. The van der Waals surface area contributed by atoms with Crippen LogP contribution in [-0.4, -0.2) is 12.7 Å². The van der Waals surface area contributed by atoms with Crippen molar-refractivity contribution in [1.82, 2.24) is 0 Å². The lowest BCUT2D eigenvalue weighted by molar-refractivity contribution is 0.0119. The van der Waals surface area contributed by atoms with E-state index in [1.165, 1.54) is 5.56 Å². The van der Waals surface area contributed by atoms with E-state index < -0.39 is 11.6 Å². The number of benzene rings is 3. The van der Waals surface area contributed by atoms with Crippen molar-refractivity contribution in [3.63, 3.8) is 0 Å². The van der Waals surface area contributed by atoms with Gasteiger partial charge in [-0.25, -0.2) is 13.2 Å². The molecule has 1 heterocycles. The monoisotopic (exact) mass is 480 g/mol. The standard InChI is InChI=1S/C30H31F3O2/c1-2-3-19-4-6-21(7-5-19)25-14-11-23(29(32)30(25)33)17-34-24-12-8-20(9-13-24)22-10-15-26(27(31)16-22)28-18-35-28/h4-7,10-11,14-16,20,24,28H,2-3,8-9,12-13,17-18H2,1H3. The SMILES string of the molecule is CCCc1ccc(-c2ccc(COC3CCC(c4ccc(C5CO5)c(F)c4)CC3)c(F)c2F)cc1. The number of aryl methyl sites for hydroxylation is 1. The van der Waals surface area contributed by atoms with Crippen LogP contribution in [0.25, 0.3) is 11.1 Å². The number of halogens is 3. The largest absolute Gasteiger partial charge is 0.373 e. The summed E-state index contributed by atoms with van der Waals surface area (Å²) in [5.41, 5.74) is 4.00. The van der Waals surface area contributed by atoms with Gasteiger partial charge in [0.2, 0.25) is 0 Å². The van der Waals surface area contributed by atoms with Crippen molar-refractivity contribution in [3.05, 3.63) is 94.3 Å². The number of hydrogen-bond donors (Lipinski definition) is 0. The minimum Gasteiger partial charge on any atom is -0.373 e. The van der Waals surface area contributed by atoms with E-state index in [4.69, 9.17) is 9.47 Å². The molecule has 35 heavy (non-hydrogen) atoms. The Balaban J connectivity index is 1.16. The van der Waals surface area contributed by atoms with Crippen molar-refractivity contribution in [2.24, 2.45) is 0 Å². The van der Waals surface area contributed by atoms with Gasteiger partial charge in [-0.15, -0.1) is 0 Å². The molecule has 0 bridgehead atoms. The molecular weight excluding hydrogens is 449 g/mol. The Morgan fingerprint density at radius 1 is 0.886 bits per heavy atom. The lowest BCUT2D eigenvalue weighted by atomic mass is 9.82. The van der Waals surface area contributed by atoms with Crippen LogP contribution in [0.5, 0.6) is 0 Å². The average Bonchev–Trinajstić information content (AvgIpc) is 3.71. The predicted octanol–water partition coefficient (Wildman–Crippen LogP) is 8.04. The molecule has 184 valence electrons. The third-order valence-corrected chi connectivity index (χ3v) is 7.29. The topological polar surface area (TPSA) is 21.8 Å². The summed E-state index contributed by atoms with van der Waals surface area (Å²) in [6.45, 7) is 2.75. The maximum absolute atomic E-state index is 14.8. The second kappa shape index (κ2) is 10.5. The fraction of sp³-hybridized carbons (Fsp3) is 0.400. The van der Waals surface area contributed by atoms with E-state index in [9.17, 15) is 13.2 Å². The van der Waals surface area contributed by atoms with Crippen LogP contribution in [0.15, 0.2) is 54.6 Å². The lowest BCUT2D eigenvalue weighted by Gasteiger charge is -2.29. The molecule has 0 amide bonds. The Kier molecular flexibility index (Phi) is 7.26. The molecule has 0 spiro atoms. The highest BCUT2D eigenvalue weighted by Crippen LogP contribution is 2.38. The molecule has 1 aliphatic carbocycles. The quantitative estimate of drug-likeness (QED) is 0.304. The molecule has 3 aromatic carbocycles. The molecule has 1 aliphatic heterocycles. The smallest absolute Gasteiger partial charge is 0.167 e. The van der Waals surface area contributed by atoms with Crippen LogP contribution in [0.4, 0.5) is 13.2 Å². The summed E-state index contributed by atoms with van der Waals surface area (Å²) in [6, 6.07) is 16.4. The molecule has 0 radical (unpaired) electrons. The first-order chi connectivity index (χ1) is 17.0. The van der Waals surface area contributed by atoms with Gasteiger partial charge in [0.25, 0.3) is 0 Å². The summed E-state index contributed by atoms with van der Waals surface area (Å²) >= 11 is 0. The zero-order valence-electron chi connectivity index (χ0n) is 20.0. The van der Waals surface area contributed by atoms with Gasteiger partial charge in [-0.3, -0.25) is 0 Å². The van der Waals surface area contributed by atoms with Gasteiger partial charge >= 0.3 is 0 Å². The van der Waals surface area contributed by atoms with E-state index >= 15 is 0 Å². The molecule has 1 atom stereocenters. The zero-order valence-corrected chi connectivity index (χ0v) is 20.0. The van der Waals surface area contributed by atoms with Gasteiger partial charge in [0, 0.05) is 16.7 Å². The van der Waals surface area contributed by atoms with Crippen LogP contribution in [0, 0.1) is 17.5 Å². The van der Waals surface area contributed by atoms with Crippen LogP contribution in [0.3, 0.4) is 0 Å². The predicted molar refractivity (Wildman–Crippen MR) is 131 cm³/mol. The fourth-order valence-corrected chi connectivity index (χ4v) is 5.12. The van der Waals surface area contributed by atoms with Gasteiger partial charge in [0.15, 0.2) is 11.6 Å². The minimum absolute atomic E-state index is 0.0107. The van der Waals surface area contributed by atoms with Crippen molar-refractivity contribution in [3.8, 4) is 11.1 Å². The van der Waals surface area contributed by atoms with Crippen LogP contribution in [0.2, 0.25) is 0 Å². The van der Waals surface area contributed by atoms with Gasteiger partial charge in [0.05, 0.1) is 19.3 Å². The van der Waals surface area contributed by atoms with Crippen LogP contribution < -0.4 is 0 Å². The number of epoxide rings is 1. The Bertz CT molecular complexity index is 1160. The molecule has 5 heteroatoms. The highest BCUT2D eigenvalue weighted by atomic mass is 19.2. The summed E-state index contributed by atoms with van der Waals surface area (Å²) in [6.07, 6.45) is 5.30. The van der Waals surface area contributed by atoms with Crippen molar-refractivity contribution in [2.75, 3.05) is 6.61 Å².